The van der Waals surface area contributed by atoms with E-state index in [0.29, 0.717) is 6.54 Å². The van der Waals surface area contributed by atoms with Crippen LogP contribution in [0.15, 0.2) is 32.5 Å². The standard InChI is InChI=1S/C13H14BrNO3S/c1-15(8-10-4-6-12(14)19-10)7-9-3-5-11(18-9)13(16)17-2/h3-6H,7-8H2,1-2H3. The highest BCUT2D eigenvalue weighted by molar-refractivity contribution is 9.11. The SMILES string of the molecule is COC(=O)c1ccc(CN(C)Cc2ccc(Br)s2)o1. The lowest BCUT2D eigenvalue weighted by atomic mass is 10.4. The minimum Gasteiger partial charge on any atom is -0.463 e. The number of halogens is 1. The maximum Gasteiger partial charge on any atom is 0.373 e. The third-order valence-corrected chi connectivity index (χ3v) is 4.14. The van der Waals surface area contributed by atoms with Crippen LogP contribution in [0.4, 0.5) is 0 Å². The third kappa shape index (κ3) is 3.92. The molecule has 2 rings (SSSR count). The fourth-order valence-electron chi connectivity index (χ4n) is 1.70. The van der Waals surface area contributed by atoms with Crippen molar-refractivity contribution in [1.82, 2.24) is 4.90 Å². The maximum atomic E-state index is 11.3. The van der Waals surface area contributed by atoms with Crippen molar-refractivity contribution in [3.8, 4) is 0 Å². The lowest BCUT2D eigenvalue weighted by Crippen LogP contribution is -2.16. The molecule has 19 heavy (non-hydrogen) atoms. The van der Waals surface area contributed by atoms with Gasteiger partial charge in [-0.3, -0.25) is 4.90 Å². The van der Waals surface area contributed by atoms with Crippen LogP contribution in [0.5, 0.6) is 0 Å². The lowest BCUT2D eigenvalue weighted by molar-refractivity contribution is 0.0561. The average molecular weight is 344 g/mol. The van der Waals surface area contributed by atoms with Gasteiger partial charge in [0.05, 0.1) is 17.4 Å². The molecule has 0 spiro atoms. The first kappa shape index (κ1) is 14.3. The monoisotopic (exact) mass is 343 g/mol. The number of carbonyl (C=O) groups excluding carboxylic acids is 1. The molecule has 6 heteroatoms. The number of ether oxygens (including phenoxy) is 1. The molecule has 0 saturated carbocycles. The molecule has 2 heterocycles. The van der Waals surface area contributed by atoms with E-state index in [0.717, 1.165) is 16.1 Å². The van der Waals surface area contributed by atoms with Crippen LogP contribution in [0, 0.1) is 0 Å². The summed E-state index contributed by atoms with van der Waals surface area (Å²) >= 11 is 5.16. The van der Waals surface area contributed by atoms with Crippen molar-refractivity contribution in [2.24, 2.45) is 0 Å². The van der Waals surface area contributed by atoms with Crippen LogP contribution in [0.25, 0.3) is 0 Å². The zero-order valence-electron chi connectivity index (χ0n) is 10.7. The summed E-state index contributed by atoms with van der Waals surface area (Å²) in [6.07, 6.45) is 0. The molecule has 4 nitrogen and oxygen atoms in total. The number of hydrogen-bond acceptors (Lipinski definition) is 5. The quantitative estimate of drug-likeness (QED) is 0.779. The van der Waals surface area contributed by atoms with Gasteiger partial charge < -0.3 is 9.15 Å². The van der Waals surface area contributed by atoms with Crippen LogP contribution >= 0.6 is 27.3 Å². The number of rotatable bonds is 5. The second kappa shape index (κ2) is 6.36. The summed E-state index contributed by atoms with van der Waals surface area (Å²) in [6.45, 7) is 1.48. The minimum atomic E-state index is -0.448. The van der Waals surface area contributed by atoms with Gasteiger partial charge in [0.25, 0.3) is 0 Å². The van der Waals surface area contributed by atoms with Crippen molar-refractivity contribution < 1.29 is 13.9 Å². The first-order chi connectivity index (χ1) is 9.08. The summed E-state index contributed by atoms with van der Waals surface area (Å²) in [7, 11) is 3.35. The molecule has 0 atom stereocenters. The fourth-order valence-corrected chi connectivity index (χ4v) is 3.26. The second-order valence-electron chi connectivity index (χ2n) is 4.14. The first-order valence-electron chi connectivity index (χ1n) is 5.68. The van der Waals surface area contributed by atoms with E-state index in [2.05, 4.69) is 31.6 Å². The molecule has 0 bridgehead atoms. The van der Waals surface area contributed by atoms with Crippen LogP contribution < -0.4 is 0 Å². The van der Waals surface area contributed by atoms with Gasteiger partial charge in [-0.15, -0.1) is 11.3 Å². The second-order valence-corrected chi connectivity index (χ2v) is 6.68. The van der Waals surface area contributed by atoms with Crippen LogP contribution in [-0.2, 0) is 17.8 Å². The number of methoxy groups -OCH3 is 1. The summed E-state index contributed by atoms with van der Waals surface area (Å²) in [5, 5.41) is 0. The smallest absolute Gasteiger partial charge is 0.373 e. The van der Waals surface area contributed by atoms with Gasteiger partial charge in [-0.05, 0) is 47.2 Å². The van der Waals surface area contributed by atoms with Crippen molar-refractivity contribution in [3.05, 3.63) is 44.4 Å². The summed E-state index contributed by atoms with van der Waals surface area (Å²) in [6, 6.07) is 7.56. The van der Waals surface area contributed by atoms with Gasteiger partial charge in [-0.25, -0.2) is 4.79 Å². The molecule has 102 valence electrons. The maximum absolute atomic E-state index is 11.3. The molecule has 0 aliphatic rings. The largest absolute Gasteiger partial charge is 0.463 e. The Hall–Kier alpha value is -1.11. The van der Waals surface area contributed by atoms with Gasteiger partial charge in [0.2, 0.25) is 5.76 Å². The van der Waals surface area contributed by atoms with Gasteiger partial charge in [-0.2, -0.15) is 0 Å². The predicted octanol–water partition coefficient (Wildman–Crippen LogP) is 3.52. The average Bonchev–Trinajstić information content (AvgIpc) is 2.98. The van der Waals surface area contributed by atoms with E-state index in [4.69, 9.17) is 4.42 Å². The number of esters is 1. The Morgan fingerprint density at radius 1 is 1.37 bits per heavy atom. The zero-order chi connectivity index (χ0) is 13.8. The van der Waals surface area contributed by atoms with E-state index in [9.17, 15) is 4.79 Å². The fraction of sp³-hybridized carbons (Fsp3) is 0.308. The van der Waals surface area contributed by atoms with E-state index in [1.807, 2.05) is 13.1 Å². The molecule has 0 N–H and O–H groups in total. The van der Waals surface area contributed by atoms with E-state index in [1.165, 1.54) is 12.0 Å². The first-order valence-corrected chi connectivity index (χ1v) is 7.29. The van der Waals surface area contributed by atoms with Crippen molar-refractivity contribution in [1.29, 1.82) is 0 Å². The van der Waals surface area contributed by atoms with Gasteiger partial charge in [0.1, 0.15) is 5.76 Å². The Balaban J connectivity index is 1.93. The van der Waals surface area contributed by atoms with E-state index < -0.39 is 5.97 Å². The van der Waals surface area contributed by atoms with Crippen LogP contribution in [0.3, 0.4) is 0 Å². The molecule has 0 saturated heterocycles. The van der Waals surface area contributed by atoms with Crippen molar-refractivity contribution in [3.63, 3.8) is 0 Å². The van der Waals surface area contributed by atoms with Gasteiger partial charge >= 0.3 is 5.97 Å². The summed E-state index contributed by atoms with van der Waals surface area (Å²) in [4.78, 5) is 14.7. The molecular formula is C13H14BrNO3S. The summed E-state index contributed by atoms with van der Waals surface area (Å²) in [5.41, 5.74) is 0. The molecule has 0 unspecified atom stereocenters. The third-order valence-electron chi connectivity index (χ3n) is 2.53. The van der Waals surface area contributed by atoms with Crippen LogP contribution in [0.2, 0.25) is 0 Å². The van der Waals surface area contributed by atoms with Crippen molar-refractivity contribution in [2.45, 2.75) is 13.1 Å². The van der Waals surface area contributed by atoms with Crippen LogP contribution in [-0.4, -0.2) is 25.0 Å². The molecule has 0 aliphatic heterocycles. The van der Waals surface area contributed by atoms with Gasteiger partial charge in [0.15, 0.2) is 0 Å². The molecule has 0 radical (unpaired) electrons. The number of thiophene rings is 1. The number of carbonyl (C=O) groups is 1. The highest BCUT2D eigenvalue weighted by Gasteiger charge is 2.12. The normalized spacial score (nSPS) is 10.9. The van der Waals surface area contributed by atoms with Gasteiger partial charge in [0, 0.05) is 11.4 Å². The Bertz CT molecular complexity index is 564. The van der Waals surface area contributed by atoms with Gasteiger partial charge in [-0.1, -0.05) is 0 Å². The molecular weight excluding hydrogens is 330 g/mol. The van der Waals surface area contributed by atoms with E-state index >= 15 is 0 Å². The zero-order valence-corrected chi connectivity index (χ0v) is 13.1. The number of hydrogen-bond donors (Lipinski definition) is 0. The van der Waals surface area contributed by atoms with E-state index in [1.54, 1.807) is 23.5 Å². The molecule has 2 aromatic heterocycles. The van der Waals surface area contributed by atoms with Crippen molar-refractivity contribution in [2.75, 3.05) is 14.2 Å². The molecule has 2 aromatic rings. The summed E-state index contributed by atoms with van der Waals surface area (Å²) < 4.78 is 11.2. The topological polar surface area (TPSA) is 42.7 Å². The lowest BCUT2D eigenvalue weighted by Gasteiger charge is -2.13. The summed E-state index contributed by atoms with van der Waals surface area (Å²) in [5.74, 6) is 0.541. The Morgan fingerprint density at radius 2 is 2.16 bits per heavy atom. The molecule has 0 amide bonds. The molecule has 0 fully saturated rings. The highest BCUT2D eigenvalue weighted by Crippen LogP contribution is 2.23. The number of nitrogens with zero attached hydrogens (tertiary/aromatic N) is 1. The van der Waals surface area contributed by atoms with Crippen molar-refractivity contribution >= 4 is 33.2 Å². The van der Waals surface area contributed by atoms with Crippen LogP contribution in [0.1, 0.15) is 21.2 Å². The minimum absolute atomic E-state index is 0.241. The Morgan fingerprint density at radius 3 is 2.79 bits per heavy atom. The predicted molar refractivity (Wildman–Crippen MR) is 77.2 cm³/mol. The van der Waals surface area contributed by atoms with E-state index in [-0.39, 0.29) is 5.76 Å². The molecule has 0 aromatic carbocycles. The highest BCUT2D eigenvalue weighted by atomic mass is 79.9. The Kier molecular flexibility index (Phi) is 4.79. The number of furan rings is 1. The Labute approximate surface area is 124 Å². The molecule has 0 aliphatic carbocycles.